The number of carbonyl (C=O) groups excluding carboxylic acids is 3. The van der Waals surface area contributed by atoms with Crippen molar-refractivity contribution in [2.45, 2.75) is 58.3 Å². The lowest BCUT2D eigenvalue weighted by molar-refractivity contribution is -0.139. The summed E-state index contributed by atoms with van der Waals surface area (Å²) in [6.07, 6.45) is 9.05. The molecule has 1 aliphatic carbocycles. The molecule has 8 heteroatoms. The third-order valence-corrected chi connectivity index (χ3v) is 7.04. The summed E-state index contributed by atoms with van der Waals surface area (Å²) in [6.45, 7) is 6.13. The second-order valence-corrected chi connectivity index (χ2v) is 9.93. The largest absolute Gasteiger partial charge is 0.378 e. The summed E-state index contributed by atoms with van der Waals surface area (Å²) in [4.78, 5) is 45.1. The van der Waals surface area contributed by atoms with Crippen LogP contribution in [-0.4, -0.2) is 92.5 Å². The van der Waals surface area contributed by atoms with Gasteiger partial charge in [-0.3, -0.25) is 14.4 Å². The van der Waals surface area contributed by atoms with Gasteiger partial charge in [-0.15, -0.1) is 0 Å². The average Bonchev–Trinajstić information content (AvgIpc) is 2.84. The highest BCUT2D eigenvalue weighted by atomic mass is 16.5. The lowest BCUT2D eigenvalue weighted by Gasteiger charge is -2.37. The molecular weight excluding hydrogens is 432 g/mol. The van der Waals surface area contributed by atoms with Crippen molar-refractivity contribution in [2.75, 3.05) is 60.0 Å². The first kappa shape index (κ1) is 26.4. The second kappa shape index (κ2) is 13.0. The van der Waals surface area contributed by atoms with Crippen LogP contribution in [0, 0.1) is 5.92 Å². The zero-order chi connectivity index (χ0) is 24.5. The van der Waals surface area contributed by atoms with Crippen molar-refractivity contribution in [2.24, 2.45) is 5.92 Å². The number of amides is 3. The molecule has 1 saturated heterocycles. The molecule has 1 atom stereocenters. The van der Waals surface area contributed by atoms with Crippen LogP contribution >= 0.6 is 0 Å². The molecule has 1 fully saturated rings. The molecule has 0 radical (unpaired) electrons. The number of hydrogen-bond acceptors (Lipinski definition) is 5. The smallest absolute Gasteiger partial charge is 0.251 e. The van der Waals surface area contributed by atoms with E-state index in [-0.39, 0.29) is 24.1 Å². The molecule has 34 heavy (non-hydrogen) atoms. The van der Waals surface area contributed by atoms with Crippen LogP contribution in [0.1, 0.15) is 58.3 Å². The van der Waals surface area contributed by atoms with Gasteiger partial charge < -0.3 is 24.8 Å². The predicted molar refractivity (Wildman–Crippen MR) is 132 cm³/mol. The maximum Gasteiger partial charge on any atom is 0.251 e. The van der Waals surface area contributed by atoms with Crippen molar-refractivity contribution in [1.29, 1.82) is 0 Å². The van der Waals surface area contributed by atoms with Gasteiger partial charge in [0, 0.05) is 43.9 Å². The molecule has 3 rings (SSSR count). The van der Waals surface area contributed by atoms with Crippen LogP contribution in [0.15, 0.2) is 22.9 Å². The zero-order valence-corrected chi connectivity index (χ0v) is 21.2. The third-order valence-electron chi connectivity index (χ3n) is 7.04. The van der Waals surface area contributed by atoms with Crippen molar-refractivity contribution in [3.63, 3.8) is 0 Å². The molecule has 0 aromatic carbocycles. The van der Waals surface area contributed by atoms with Crippen molar-refractivity contribution >= 4 is 17.7 Å². The molecule has 0 saturated carbocycles. The van der Waals surface area contributed by atoms with E-state index in [1.165, 1.54) is 18.4 Å². The molecule has 190 valence electrons. The lowest BCUT2D eigenvalue weighted by atomic mass is 9.87. The highest BCUT2D eigenvalue weighted by Crippen LogP contribution is 2.32. The van der Waals surface area contributed by atoms with Crippen LogP contribution in [0.4, 0.5) is 0 Å². The normalized spacial score (nSPS) is 21.7. The first-order chi connectivity index (χ1) is 16.4. The van der Waals surface area contributed by atoms with Crippen LogP contribution < -0.4 is 5.32 Å². The van der Waals surface area contributed by atoms with Gasteiger partial charge in [0.25, 0.3) is 5.91 Å². The summed E-state index contributed by atoms with van der Waals surface area (Å²) < 4.78 is 5.41. The van der Waals surface area contributed by atoms with Crippen LogP contribution in [0.25, 0.3) is 0 Å². The standard InChI is InChI=1S/C26H42N4O4/c1-20-23(26(33)29-14-16-34-17-15-29)18-22(19-24(31)27-11-7-12-28(2)3)25(32)30(20)13-10-21-8-5-4-6-9-21/h8,22H,4-7,9-19H2,1-3H3,(H,27,31). The molecule has 1 N–H and O–H groups in total. The Bertz CT molecular complexity index is 799. The van der Waals surface area contributed by atoms with Crippen molar-refractivity contribution in [3.8, 4) is 0 Å². The van der Waals surface area contributed by atoms with Gasteiger partial charge in [0.05, 0.1) is 19.1 Å². The molecule has 3 aliphatic rings. The van der Waals surface area contributed by atoms with Gasteiger partial charge in [-0.2, -0.15) is 0 Å². The SMILES string of the molecule is CC1=C(C(=O)N2CCOCC2)CC(CC(=O)NCCCN(C)C)C(=O)N1CCC1=CCCCC1. The molecule has 0 bridgehead atoms. The Hall–Kier alpha value is -2.19. The average molecular weight is 475 g/mol. The van der Waals surface area contributed by atoms with Gasteiger partial charge in [0.15, 0.2) is 0 Å². The number of morpholine rings is 1. The van der Waals surface area contributed by atoms with E-state index in [9.17, 15) is 14.4 Å². The summed E-state index contributed by atoms with van der Waals surface area (Å²) in [6, 6.07) is 0. The number of allylic oxidation sites excluding steroid dienone is 2. The quantitative estimate of drug-likeness (QED) is 0.388. The minimum absolute atomic E-state index is 0.0217. The summed E-state index contributed by atoms with van der Waals surface area (Å²) >= 11 is 0. The summed E-state index contributed by atoms with van der Waals surface area (Å²) in [5, 5.41) is 2.95. The molecule has 0 spiro atoms. The van der Waals surface area contributed by atoms with E-state index in [1.54, 1.807) is 4.90 Å². The van der Waals surface area contributed by atoms with Crippen LogP contribution in [0.5, 0.6) is 0 Å². The summed E-state index contributed by atoms with van der Waals surface area (Å²) in [5.41, 5.74) is 2.82. The molecule has 2 heterocycles. The first-order valence-electron chi connectivity index (χ1n) is 12.8. The third kappa shape index (κ3) is 7.40. The second-order valence-electron chi connectivity index (χ2n) is 9.93. The molecule has 2 aliphatic heterocycles. The molecule has 0 aromatic rings. The number of hydrogen-bond donors (Lipinski definition) is 1. The maximum absolute atomic E-state index is 13.4. The van der Waals surface area contributed by atoms with Crippen molar-refractivity contribution in [3.05, 3.63) is 22.9 Å². The Morgan fingerprint density at radius 1 is 1.21 bits per heavy atom. The van der Waals surface area contributed by atoms with Crippen molar-refractivity contribution in [1.82, 2.24) is 20.0 Å². The monoisotopic (exact) mass is 474 g/mol. The zero-order valence-electron chi connectivity index (χ0n) is 21.2. The van der Waals surface area contributed by atoms with Gasteiger partial charge in [-0.05, 0) is 72.5 Å². The fourth-order valence-corrected chi connectivity index (χ4v) is 4.97. The maximum atomic E-state index is 13.4. The fraction of sp³-hybridized carbons (Fsp3) is 0.731. The Labute approximate surface area is 204 Å². The van der Waals surface area contributed by atoms with Gasteiger partial charge >= 0.3 is 0 Å². The number of nitrogens with zero attached hydrogens (tertiary/aromatic N) is 3. The Morgan fingerprint density at radius 2 is 1.97 bits per heavy atom. The molecule has 0 aromatic heterocycles. The number of rotatable bonds is 10. The van der Waals surface area contributed by atoms with Crippen LogP contribution in [0.2, 0.25) is 0 Å². The molecule has 1 unspecified atom stereocenters. The Kier molecular flexibility index (Phi) is 10.1. The van der Waals surface area contributed by atoms with Crippen LogP contribution in [-0.2, 0) is 19.1 Å². The first-order valence-corrected chi connectivity index (χ1v) is 12.8. The van der Waals surface area contributed by atoms with E-state index < -0.39 is 5.92 Å². The molecule has 3 amide bonds. The number of carbonyl (C=O) groups is 3. The predicted octanol–water partition coefficient (Wildman–Crippen LogP) is 2.32. The minimum atomic E-state index is -0.502. The van der Waals surface area contributed by atoms with E-state index in [0.717, 1.165) is 37.9 Å². The van der Waals surface area contributed by atoms with Crippen molar-refractivity contribution < 1.29 is 19.1 Å². The highest BCUT2D eigenvalue weighted by molar-refractivity contribution is 5.98. The van der Waals surface area contributed by atoms with E-state index in [0.29, 0.717) is 51.4 Å². The number of nitrogens with one attached hydrogen (secondary N) is 1. The van der Waals surface area contributed by atoms with E-state index >= 15 is 0 Å². The van der Waals surface area contributed by atoms with E-state index in [2.05, 4.69) is 16.3 Å². The van der Waals surface area contributed by atoms with Gasteiger partial charge in [0.1, 0.15) is 0 Å². The topological polar surface area (TPSA) is 82.2 Å². The Morgan fingerprint density at radius 3 is 2.65 bits per heavy atom. The molecular formula is C26H42N4O4. The lowest BCUT2D eigenvalue weighted by Crippen LogP contribution is -2.47. The van der Waals surface area contributed by atoms with Crippen LogP contribution in [0.3, 0.4) is 0 Å². The highest BCUT2D eigenvalue weighted by Gasteiger charge is 2.37. The number of ether oxygens (including phenoxy) is 1. The molecule has 8 nitrogen and oxygen atoms in total. The van der Waals surface area contributed by atoms with Gasteiger partial charge in [0.2, 0.25) is 11.8 Å². The minimum Gasteiger partial charge on any atom is -0.378 e. The summed E-state index contributed by atoms with van der Waals surface area (Å²) in [7, 11) is 4.00. The Balaban J connectivity index is 1.70. The van der Waals surface area contributed by atoms with Gasteiger partial charge in [-0.1, -0.05) is 11.6 Å². The van der Waals surface area contributed by atoms with E-state index in [4.69, 9.17) is 4.74 Å². The summed E-state index contributed by atoms with van der Waals surface area (Å²) in [5.74, 6) is -0.676. The fourth-order valence-electron chi connectivity index (χ4n) is 4.97. The van der Waals surface area contributed by atoms with E-state index in [1.807, 2.05) is 25.9 Å². The van der Waals surface area contributed by atoms with Gasteiger partial charge in [-0.25, -0.2) is 0 Å².